The van der Waals surface area contributed by atoms with Crippen molar-refractivity contribution in [3.8, 4) is 16.7 Å². The highest BCUT2D eigenvalue weighted by molar-refractivity contribution is 7.19. The molecule has 0 atom stereocenters. The second-order valence-corrected chi connectivity index (χ2v) is 5.05. The molecule has 0 saturated heterocycles. The maximum absolute atomic E-state index is 5.91. The van der Waals surface area contributed by atoms with Crippen molar-refractivity contribution in [2.75, 3.05) is 18.5 Å². The van der Waals surface area contributed by atoms with E-state index in [0.29, 0.717) is 28.7 Å². The molecule has 0 aliphatic rings. The van der Waals surface area contributed by atoms with Crippen molar-refractivity contribution < 1.29 is 4.74 Å². The average Bonchev–Trinajstić information content (AvgIpc) is 2.76. The zero-order chi connectivity index (χ0) is 13.0. The van der Waals surface area contributed by atoms with Gasteiger partial charge in [0.05, 0.1) is 15.8 Å². The van der Waals surface area contributed by atoms with Crippen LogP contribution in [0.5, 0.6) is 6.01 Å². The highest BCUT2D eigenvalue weighted by atomic mass is 35.5. The minimum atomic E-state index is 0.322. The molecule has 0 bridgehead atoms. The summed E-state index contributed by atoms with van der Waals surface area (Å²) in [6, 6.07) is 4.02. The average molecular weight is 285 g/mol. The lowest BCUT2D eigenvalue weighted by Gasteiger charge is -2.06. The van der Waals surface area contributed by atoms with Gasteiger partial charge in [-0.25, -0.2) is 0 Å². The summed E-state index contributed by atoms with van der Waals surface area (Å²) in [6.07, 6.45) is 0. The normalized spacial score (nSPS) is 10.4. The van der Waals surface area contributed by atoms with Crippen molar-refractivity contribution in [2.45, 2.75) is 13.8 Å². The predicted molar refractivity (Wildman–Crippen MR) is 73.5 cm³/mol. The smallest absolute Gasteiger partial charge is 0.321 e. The highest BCUT2D eigenvalue weighted by Crippen LogP contribution is 2.29. The Kier molecular flexibility index (Phi) is 4.33. The topological polar surface area (TPSA) is 59.9 Å². The van der Waals surface area contributed by atoms with Gasteiger partial charge in [-0.3, -0.25) is 0 Å². The van der Waals surface area contributed by atoms with Gasteiger partial charge in [0.25, 0.3) is 0 Å². The lowest BCUT2D eigenvalue weighted by Crippen LogP contribution is -2.07. The van der Waals surface area contributed by atoms with Gasteiger partial charge in [-0.05, 0) is 26.0 Å². The fourth-order valence-corrected chi connectivity index (χ4v) is 2.31. The lowest BCUT2D eigenvalue weighted by atomic mass is 10.4. The summed E-state index contributed by atoms with van der Waals surface area (Å²) in [5.41, 5.74) is 0. The Morgan fingerprint density at radius 3 is 2.72 bits per heavy atom. The number of hydrogen-bond acceptors (Lipinski definition) is 6. The molecule has 7 heteroatoms. The summed E-state index contributed by atoms with van der Waals surface area (Å²) in [5, 5.41) is 3.05. The molecular formula is C11H13ClN4OS. The molecule has 0 aromatic carbocycles. The molecule has 0 saturated carbocycles. The van der Waals surface area contributed by atoms with E-state index in [0.717, 1.165) is 11.4 Å². The minimum Gasteiger partial charge on any atom is -0.464 e. The first kappa shape index (κ1) is 13.0. The van der Waals surface area contributed by atoms with Crippen LogP contribution in [0.4, 0.5) is 5.95 Å². The maximum atomic E-state index is 5.91. The van der Waals surface area contributed by atoms with Gasteiger partial charge in [0.2, 0.25) is 5.95 Å². The summed E-state index contributed by atoms with van der Waals surface area (Å²) in [6.45, 7) is 5.12. The molecule has 1 N–H and O–H groups in total. The zero-order valence-corrected chi connectivity index (χ0v) is 11.7. The van der Waals surface area contributed by atoms with Crippen LogP contribution in [0.1, 0.15) is 13.8 Å². The summed E-state index contributed by atoms with van der Waals surface area (Å²) in [7, 11) is 0. The molecule has 0 aliphatic carbocycles. The van der Waals surface area contributed by atoms with E-state index < -0.39 is 0 Å². The van der Waals surface area contributed by atoms with E-state index in [1.807, 2.05) is 26.0 Å². The summed E-state index contributed by atoms with van der Waals surface area (Å²) in [4.78, 5) is 13.6. The van der Waals surface area contributed by atoms with Crippen molar-refractivity contribution in [1.82, 2.24) is 15.0 Å². The largest absolute Gasteiger partial charge is 0.464 e. The first-order chi connectivity index (χ1) is 8.72. The number of nitrogens with one attached hydrogen (secondary N) is 1. The molecule has 2 rings (SSSR count). The van der Waals surface area contributed by atoms with Crippen LogP contribution in [0.2, 0.25) is 4.34 Å². The summed E-state index contributed by atoms with van der Waals surface area (Å²) in [5.74, 6) is 1.08. The van der Waals surface area contributed by atoms with Crippen molar-refractivity contribution in [2.24, 2.45) is 0 Å². The SMILES string of the molecule is CCNc1nc(OCC)nc(-c2ccc(Cl)s2)n1. The number of anilines is 1. The van der Waals surface area contributed by atoms with Crippen molar-refractivity contribution >= 4 is 28.9 Å². The fraction of sp³-hybridized carbons (Fsp3) is 0.364. The summed E-state index contributed by atoms with van der Waals surface area (Å²) < 4.78 is 6.03. The van der Waals surface area contributed by atoms with Crippen LogP contribution in [0.25, 0.3) is 10.7 Å². The molecule has 0 radical (unpaired) electrons. The summed E-state index contributed by atoms with van der Waals surface area (Å²) >= 11 is 7.34. The molecule has 2 aromatic heterocycles. The number of ether oxygens (including phenoxy) is 1. The van der Waals surface area contributed by atoms with Crippen LogP contribution in [-0.2, 0) is 0 Å². The Balaban J connectivity index is 2.39. The highest BCUT2D eigenvalue weighted by Gasteiger charge is 2.10. The molecule has 2 heterocycles. The third-order valence-electron chi connectivity index (χ3n) is 2.02. The molecular weight excluding hydrogens is 272 g/mol. The number of thiophene rings is 1. The molecule has 5 nitrogen and oxygen atoms in total. The van der Waals surface area contributed by atoms with E-state index in [-0.39, 0.29) is 0 Å². The Morgan fingerprint density at radius 2 is 2.11 bits per heavy atom. The van der Waals surface area contributed by atoms with E-state index in [2.05, 4.69) is 20.3 Å². The van der Waals surface area contributed by atoms with Crippen LogP contribution < -0.4 is 10.1 Å². The lowest BCUT2D eigenvalue weighted by molar-refractivity contribution is 0.312. The van der Waals surface area contributed by atoms with Crippen molar-refractivity contribution in [3.05, 3.63) is 16.5 Å². The maximum Gasteiger partial charge on any atom is 0.321 e. The van der Waals surface area contributed by atoms with Gasteiger partial charge in [-0.15, -0.1) is 11.3 Å². The van der Waals surface area contributed by atoms with Crippen molar-refractivity contribution in [1.29, 1.82) is 0 Å². The van der Waals surface area contributed by atoms with Gasteiger partial charge >= 0.3 is 6.01 Å². The van der Waals surface area contributed by atoms with Crippen LogP contribution in [0.15, 0.2) is 12.1 Å². The molecule has 0 amide bonds. The number of rotatable bonds is 5. The third-order valence-corrected chi connectivity index (χ3v) is 3.24. The molecule has 0 fully saturated rings. The molecule has 2 aromatic rings. The first-order valence-electron chi connectivity index (χ1n) is 5.61. The molecule has 0 aliphatic heterocycles. The van der Waals surface area contributed by atoms with Crippen LogP contribution in [-0.4, -0.2) is 28.1 Å². The Labute approximate surface area is 114 Å². The number of nitrogens with zero attached hydrogens (tertiary/aromatic N) is 3. The van der Waals surface area contributed by atoms with Crippen LogP contribution in [0, 0.1) is 0 Å². The van der Waals surface area contributed by atoms with E-state index in [9.17, 15) is 0 Å². The zero-order valence-electron chi connectivity index (χ0n) is 10.1. The van der Waals surface area contributed by atoms with Gasteiger partial charge in [-0.1, -0.05) is 11.6 Å². The van der Waals surface area contributed by atoms with Gasteiger partial charge in [0.15, 0.2) is 5.82 Å². The second kappa shape index (κ2) is 5.97. The van der Waals surface area contributed by atoms with Crippen molar-refractivity contribution in [3.63, 3.8) is 0 Å². The predicted octanol–water partition coefficient (Wildman–Crippen LogP) is 3.08. The molecule has 18 heavy (non-hydrogen) atoms. The molecule has 0 unspecified atom stereocenters. The molecule has 0 spiro atoms. The van der Waals surface area contributed by atoms with E-state index in [1.165, 1.54) is 11.3 Å². The minimum absolute atomic E-state index is 0.322. The Morgan fingerprint density at radius 1 is 1.28 bits per heavy atom. The number of halogens is 1. The van der Waals surface area contributed by atoms with Gasteiger partial charge in [0, 0.05) is 6.54 Å². The van der Waals surface area contributed by atoms with E-state index in [4.69, 9.17) is 16.3 Å². The van der Waals surface area contributed by atoms with Crippen LogP contribution in [0.3, 0.4) is 0 Å². The Bertz CT molecular complexity index is 507. The number of hydrogen-bond donors (Lipinski definition) is 1. The second-order valence-electron chi connectivity index (χ2n) is 3.33. The van der Waals surface area contributed by atoms with E-state index >= 15 is 0 Å². The third kappa shape index (κ3) is 3.08. The van der Waals surface area contributed by atoms with E-state index in [1.54, 1.807) is 0 Å². The number of aromatic nitrogens is 3. The molecule has 96 valence electrons. The standard InChI is InChI=1S/C11H13ClN4OS/c1-3-13-10-14-9(7-5-6-8(12)18-7)15-11(16-10)17-4-2/h5-6H,3-4H2,1-2H3,(H,13,14,15,16). The fourth-order valence-electron chi connectivity index (χ4n) is 1.33. The first-order valence-corrected chi connectivity index (χ1v) is 6.80. The Hall–Kier alpha value is -1.40. The van der Waals surface area contributed by atoms with Gasteiger partial charge in [0.1, 0.15) is 0 Å². The monoisotopic (exact) mass is 284 g/mol. The quantitative estimate of drug-likeness (QED) is 0.914. The van der Waals surface area contributed by atoms with Crippen LogP contribution >= 0.6 is 22.9 Å². The van der Waals surface area contributed by atoms with Gasteiger partial charge in [-0.2, -0.15) is 15.0 Å². The van der Waals surface area contributed by atoms with Gasteiger partial charge < -0.3 is 10.1 Å².